The van der Waals surface area contributed by atoms with Crippen molar-refractivity contribution in [3.8, 4) is 50.7 Å². The van der Waals surface area contributed by atoms with Crippen molar-refractivity contribution in [3.05, 3.63) is 217 Å². The second-order valence-electron chi connectivity index (χ2n) is 18.4. The van der Waals surface area contributed by atoms with E-state index >= 15 is 0 Å². The highest BCUT2D eigenvalue weighted by atomic mass is 19.1. The van der Waals surface area contributed by atoms with Crippen LogP contribution in [0.5, 0.6) is 11.5 Å². The molecule has 0 radical (unpaired) electrons. The number of aryl methyl sites for hydroxylation is 2. The summed E-state index contributed by atoms with van der Waals surface area (Å²) in [5, 5.41) is 2.23. The van der Waals surface area contributed by atoms with Gasteiger partial charge in [-0.3, -0.25) is 4.57 Å². The number of hydrogen-bond acceptors (Lipinski definition) is 2. The maximum Gasteiger partial charge on any atom is 0.503 e. The number of rotatable bonds is 8. The van der Waals surface area contributed by atoms with E-state index in [0.29, 0.717) is 22.6 Å². The van der Waals surface area contributed by atoms with Crippen LogP contribution in [-0.4, -0.2) is 15.6 Å². The topological polar surface area (TPSA) is 33.1 Å². The zero-order chi connectivity index (χ0) is 46.0. The van der Waals surface area contributed by atoms with Crippen LogP contribution >= 0.6 is 0 Å². The average molecular weight is 877 g/mol. The first-order valence-corrected chi connectivity index (χ1v) is 22.5. The van der Waals surface area contributed by atoms with Crippen molar-refractivity contribution < 1.29 is 13.5 Å². The molecule has 5 nitrogen and oxygen atoms in total. The number of pyridine rings is 1. The standard InChI is InChI=1S/C60H46F2N4O/c1-38-26-39(2)28-41(27-38)42-31-47(35-49(32-42)67-48-22-23-53-52-16-9-10-19-54(52)66(57(53)36-48)58-33-44(24-25-63-58)60(3,4)5)64-37-65(56-21-12-11-20-55(56)64)59-50(40-14-7-6-8-15-40)17-13-18-51(59)43-29-45(61)34-46(62)30-43/h6-36H,1-5H3/q+2. The van der Waals surface area contributed by atoms with Gasteiger partial charge >= 0.3 is 6.01 Å². The van der Waals surface area contributed by atoms with Gasteiger partial charge in [-0.1, -0.05) is 117 Å². The van der Waals surface area contributed by atoms with E-state index < -0.39 is 11.6 Å². The minimum atomic E-state index is -0.648. The minimum Gasteiger partial charge on any atom is -0.457 e. The van der Waals surface area contributed by atoms with E-state index in [1.54, 1.807) is 0 Å². The smallest absolute Gasteiger partial charge is 0.457 e. The zero-order valence-electron chi connectivity index (χ0n) is 37.9. The summed E-state index contributed by atoms with van der Waals surface area (Å²) in [7, 11) is 0. The van der Waals surface area contributed by atoms with Gasteiger partial charge in [0.2, 0.25) is 11.4 Å². The Labute approximate surface area is 388 Å². The van der Waals surface area contributed by atoms with E-state index in [2.05, 4.69) is 130 Å². The first-order valence-electron chi connectivity index (χ1n) is 22.5. The number of hydrogen-bond donors (Lipinski definition) is 0. The lowest BCUT2D eigenvalue weighted by Gasteiger charge is -2.20. The second-order valence-corrected chi connectivity index (χ2v) is 18.4. The van der Waals surface area contributed by atoms with Crippen molar-refractivity contribution in [2.45, 2.75) is 40.0 Å². The Morgan fingerprint density at radius 3 is 1.93 bits per heavy atom. The summed E-state index contributed by atoms with van der Waals surface area (Å²) >= 11 is 0. The number of benzene rings is 8. The van der Waals surface area contributed by atoms with E-state index in [0.717, 1.165) is 89.8 Å². The van der Waals surface area contributed by atoms with E-state index in [4.69, 9.17) is 9.72 Å². The Hall–Kier alpha value is -8.25. The highest BCUT2D eigenvalue weighted by Gasteiger charge is 2.39. The molecule has 0 saturated carbocycles. The van der Waals surface area contributed by atoms with Gasteiger partial charge in [-0.2, -0.15) is 0 Å². The Kier molecular flexibility index (Phi) is 10.1. The van der Waals surface area contributed by atoms with Crippen LogP contribution in [-0.2, 0) is 5.41 Å². The van der Waals surface area contributed by atoms with E-state index in [1.165, 1.54) is 17.7 Å². The molecule has 0 aliphatic carbocycles. The molecule has 324 valence electrons. The maximum atomic E-state index is 15.0. The largest absolute Gasteiger partial charge is 0.503 e. The van der Waals surface area contributed by atoms with Gasteiger partial charge in [0.25, 0.3) is 11.4 Å². The molecule has 8 aromatic carbocycles. The van der Waals surface area contributed by atoms with Crippen LogP contribution < -0.4 is 13.9 Å². The first kappa shape index (κ1) is 41.5. The predicted octanol–water partition coefficient (Wildman–Crippen LogP) is 16.0. The Morgan fingerprint density at radius 2 is 1.18 bits per heavy atom. The fourth-order valence-corrected chi connectivity index (χ4v) is 9.48. The van der Waals surface area contributed by atoms with Crippen LogP contribution in [0, 0.1) is 25.5 Å². The van der Waals surface area contributed by atoms with Gasteiger partial charge in [-0.05, 0) is 117 Å². The van der Waals surface area contributed by atoms with Gasteiger partial charge in [0, 0.05) is 47.3 Å². The molecular weight excluding hydrogens is 831 g/mol. The molecule has 11 rings (SSSR count). The molecule has 1 aliphatic heterocycles. The van der Waals surface area contributed by atoms with Gasteiger partial charge in [0.15, 0.2) is 0 Å². The molecule has 10 aromatic rings. The van der Waals surface area contributed by atoms with E-state index in [9.17, 15) is 8.78 Å². The summed E-state index contributed by atoms with van der Waals surface area (Å²) in [5.41, 5.74) is 13.7. The molecule has 0 spiro atoms. The number of aromatic nitrogens is 2. The van der Waals surface area contributed by atoms with Crippen molar-refractivity contribution in [3.63, 3.8) is 0 Å². The van der Waals surface area contributed by atoms with Crippen LogP contribution in [0.25, 0.3) is 61.0 Å². The van der Waals surface area contributed by atoms with Crippen LogP contribution in [0.15, 0.2) is 188 Å². The number of nitrogens with zero attached hydrogens (tertiary/aromatic N) is 4. The fraction of sp³-hybridized carbons (Fsp3) is 0.100. The van der Waals surface area contributed by atoms with Crippen LogP contribution in [0.4, 0.5) is 31.5 Å². The van der Waals surface area contributed by atoms with Crippen molar-refractivity contribution in [1.82, 2.24) is 18.7 Å². The normalized spacial score (nSPS) is 12.3. The summed E-state index contributed by atoms with van der Waals surface area (Å²) in [6.45, 7) is 10.9. The van der Waals surface area contributed by atoms with Crippen molar-refractivity contribution >= 4 is 50.6 Å². The minimum absolute atomic E-state index is 0.0562. The van der Waals surface area contributed by atoms with Crippen LogP contribution in [0.2, 0.25) is 0 Å². The lowest BCUT2D eigenvalue weighted by atomic mass is 9.88. The molecule has 0 bridgehead atoms. The summed E-state index contributed by atoms with van der Waals surface area (Å²) < 4.78 is 43.2. The van der Waals surface area contributed by atoms with Gasteiger partial charge in [0.05, 0.1) is 28.2 Å². The monoisotopic (exact) mass is 876 g/mol. The highest BCUT2D eigenvalue weighted by molar-refractivity contribution is 6.09. The lowest BCUT2D eigenvalue weighted by Crippen LogP contribution is -2.12. The molecule has 1 aliphatic rings. The van der Waals surface area contributed by atoms with Crippen LogP contribution in [0.1, 0.15) is 37.5 Å². The Bertz CT molecular complexity index is 3650. The SMILES string of the molecule is Cc1cc(C)cc(-c2cc(Oc3ccc4c5ccccc5n(-c5cc(C(C)(C)C)ccn5)c4c3)cc([N+]3=C=[N+](c4c(-c5ccccc5)cccc4-c4cc(F)cc(F)c4)c4ccccc43)c2)c1. The van der Waals surface area contributed by atoms with Gasteiger partial charge in [-0.25, -0.2) is 13.8 Å². The molecule has 0 unspecified atom stereocenters. The molecular formula is C60H46F2N4O+2. The summed E-state index contributed by atoms with van der Waals surface area (Å²) in [5.74, 6) is 0.861. The molecule has 67 heavy (non-hydrogen) atoms. The maximum absolute atomic E-state index is 15.0. The molecule has 0 N–H and O–H groups in total. The summed E-state index contributed by atoms with van der Waals surface area (Å²) in [6.07, 6.45) is 1.89. The third kappa shape index (κ3) is 7.69. The molecule has 0 atom stereocenters. The van der Waals surface area contributed by atoms with Crippen molar-refractivity contribution in [1.29, 1.82) is 0 Å². The number of ether oxygens (including phenoxy) is 1. The van der Waals surface area contributed by atoms with Crippen molar-refractivity contribution in [2.24, 2.45) is 0 Å². The molecule has 2 aromatic heterocycles. The average Bonchev–Trinajstić information content (AvgIpc) is 3.87. The first-order chi connectivity index (χ1) is 32.4. The molecule has 0 saturated heterocycles. The Balaban J connectivity index is 1.12. The summed E-state index contributed by atoms with van der Waals surface area (Å²) in [4.78, 5) is 4.90. The fourth-order valence-electron chi connectivity index (χ4n) is 9.48. The quantitative estimate of drug-likeness (QED) is 0.143. The van der Waals surface area contributed by atoms with Gasteiger partial charge in [0.1, 0.15) is 29.0 Å². The molecule has 0 amide bonds. The van der Waals surface area contributed by atoms with Crippen molar-refractivity contribution in [2.75, 3.05) is 0 Å². The van der Waals surface area contributed by atoms with Gasteiger partial charge in [-0.15, -0.1) is 0 Å². The predicted molar refractivity (Wildman–Crippen MR) is 270 cm³/mol. The molecule has 3 heterocycles. The lowest BCUT2D eigenvalue weighted by molar-refractivity contribution is 0.483. The number of halogens is 2. The third-order valence-corrected chi connectivity index (χ3v) is 12.5. The zero-order valence-corrected chi connectivity index (χ0v) is 37.9. The third-order valence-electron chi connectivity index (χ3n) is 12.5. The van der Waals surface area contributed by atoms with Gasteiger partial charge < -0.3 is 4.74 Å². The van der Waals surface area contributed by atoms with Crippen LogP contribution in [0.3, 0.4) is 0 Å². The molecule has 0 fully saturated rings. The number of fused-ring (bicyclic) bond motifs is 4. The van der Waals surface area contributed by atoms with E-state index in [1.807, 2.05) is 94.2 Å². The highest BCUT2D eigenvalue weighted by Crippen LogP contribution is 2.46. The summed E-state index contributed by atoms with van der Waals surface area (Å²) in [6, 6.07) is 63.2. The molecule has 7 heteroatoms. The van der Waals surface area contributed by atoms with E-state index in [-0.39, 0.29) is 5.41 Å². The Morgan fingerprint density at radius 1 is 0.522 bits per heavy atom. The second kappa shape index (κ2) is 16.3. The number of para-hydroxylation sites is 4.